The van der Waals surface area contributed by atoms with Crippen molar-refractivity contribution in [2.45, 2.75) is 19.4 Å². The fourth-order valence-electron chi connectivity index (χ4n) is 1.00. The summed E-state index contributed by atoms with van der Waals surface area (Å²) in [5, 5.41) is 9.56. The van der Waals surface area contributed by atoms with Crippen LogP contribution in [0.2, 0.25) is 5.02 Å². The zero-order valence-corrected chi connectivity index (χ0v) is 8.60. The van der Waals surface area contributed by atoms with E-state index in [-0.39, 0.29) is 10.6 Å². The summed E-state index contributed by atoms with van der Waals surface area (Å²) in [6.45, 7) is 2.66. The highest BCUT2D eigenvalue weighted by atomic mass is 35.5. The Labute approximate surface area is 86.3 Å². The molecule has 1 rings (SSSR count). The lowest BCUT2D eigenvalue weighted by Crippen LogP contribution is -2.31. The molecular formula is C10H10ClFO2. The van der Waals surface area contributed by atoms with Crippen LogP contribution >= 0.6 is 11.6 Å². The van der Waals surface area contributed by atoms with Gasteiger partial charge in [-0.15, -0.1) is 0 Å². The van der Waals surface area contributed by atoms with Crippen LogP contribution in [0, 0.1) is 5.82 Å². The van der Waals surface area contributed by atoms with E-state index in [1.54, 1.807) is 0 Å². The minimum Gasteiger partial charge on any atom is -0.382 e. The van der Waals surface area contributed by atoms with Crippen molar-refractivity contribution in [1.82, 2.24) is 0 Å². The molecule has 0 fully saturated rings. The number of hydrogen-bond donors (Lipinski definition) is 1. The number of rotatable bonds is 2. The number of halogens is 2. The predicted octanol–water partition coefficient (Wildman–Crippen LogP) is 2.43. The molecule has 0 unspecified atom stereocenters. The molecule has 0 bridgehead atoms. The second kappa shape index (κ2) is 3.67. The molecule has 0 radical (unpaired) electrons. The summed E-state index contributed by atoms with van der Waals surface area (Å²) in [7, 11) is 0. The summed E-state index contributed by atoms with van der Waals surface area (Å²) in [4.78, 5) is 11.5. The van der Waals surface area contributed by atoms with Gasteiger partial charge in [0.05, 0.1) is 5.02 Å². The Kier molecular flexibility index (Phi) is 2.92. The lowest BCUT2D eigenvalue weighted by molar-refractivity contribution is 0.0487. The molecule has 0 aliphatic rings. The molecule has 1 aromatic carbocycles. The highest BCUT2D eigenvalue weighted by Crippen LogP contribution is 2.21. The molecule has 0 aromatic heterocycles. The van der Waals surface area contributed by atoms with E-state index in [0.29, 0.717) is 0 Å². The molecule has 14 heavy (non-hydrogen) atoms. The Bertz CT molecular complexity index is 369. The van der Waals surface area contributed by atoms with Gasteiger partial charge in [-0.05, 0) is 32.0 Å². The van der Waals surface area contributed by atoms with Crippen molar-refractivity contribution in [3.63, 3.8) is 0 Å². The standard InChI is InChI=1S/C10H10ClFO2/c1-10(2,14)9(13)7-5-6(12)3-4-8(7)11/h3-5,14H,1-2H3. The van der Waals surface area contributed by atoms with Gasteiger partial charge in [-0.3, -0.25) is 4.79 Å². The van der Waals surface area contributed by atoms with Gasteiger partial charge in [0.15, 0.2) is 5.78 Å². The van der Waals surface area contributed by atoms with Crippen molar-refractivity contribution < 1.29 is 14.3 Å². The maximum atomic E-state index is 12.8. The molecule has 0 spiro atoms. The van der Waals surface area contributed by atoms with E-state index in [0.717, 1.165) is 12.1 Å². The number of carbonyl (C=O) groups excluding carboxylic acids is 1. The first-order valence-corrected chi connectivity index (χ1v) is 4.42. The Morgan fingerprint density at radius 3 is 2.57 bits per heavy atom. The number of benzene rings is 1. The van der Waals surface area contributed by atoms with Gasteiger partial charge in [0, 0.05) is 5.56 Å². The predicted molar refractivity (Wildman–Crippen MR) is 52.0 cm³/mol. The van der Waals surface area contributed by atoms with Gasteiger partial charge >= 0.3 is 0 Å². The third-order valence-corrected chi connectivity index (χ3v) is 2.06. The molecule has 0 amide bonds. The first-order chi connectivity index (χ1) is 6.32. The third kappa shape index (κ3) is 2.30. The second-order valence-corrected chi connectivity index (χ2v) is 3.92. The maximum Gasteiger partial charge on any atom is 0.195 e. The third-order valence-electron chi connectivity index (χ3n) is 1.73. The van der Waals surface area contributed by atoms with Crippen molar-refractivity contribution in [3.05, 3.63) is 34.6 Å². The van der Waals surface area contributed by atoms with Crippen LogP contribution in [0.3, 0.4) is 0 Å². The zero-order chi connectivity index (χ0) is 10.9. The Morgan fingerprint density at radius 1 is 1.50 bits per heavy atom. The van der Waals surface area contributed by atoms with Crippen molar-refractivity contribution in [3.8, 4) is 0 Å². The quantitative estimate of drug-likeness (QED) is 0.771. The van der Waals surface area contributed by atoms with E-state index < -0.39 is 17.2 Å². The monoisotopic (exact) mass is 216 g/mol. The molecule has 4 heteroatoms. The molecule has 1 N–H and O–H groups in total. The number of carbonyl (C=O) groups is 1. The van der Waals surface area contributed by atoms with Gasteiger partial charge in [-0.2, -0.15) is 0 Å². The summed E-state index contributed by atoms with van der Waals surface area (Å²) in [5.74, 6) is -1.15. The zero-order valence-electron chi connectivity index (χ0n) is 7.84. The molecule has 0 heterocycles. The Balaban J connectivity index is 3.19. The average molecular weight is 217 g/mol. The molecule has 0 aliphatic heterocycles. The number of aliphatic hydroxyl groups is 1. The number of hydrogen-bond acceptors (Lipinski definition) is 2. The number of ketones is 1. The highest BCUT2D eigenvalue weighted by molar-refractivity contribution is 6.34. The minimum absolute atomic E-state index is 0.000772. The van der Waals surface area contributed by atoms with Crippen LogP contribution in [-0.4, -0.2) is 16.5 Å². The fraction of sp³-hybridized carbons (Fsp3) is 0.300. The lowest BCUT2D eigenvalue weighted by atomic mass is 9.97. The van der Waals surface area contributed by atoms with E-state index in [2.05, 4.69) is 0 Å². The van der Waals surface area contributed by atoms with Crippen molar-refractivity contribution in [2.75, 3.05) is 0 Å². The Hall–Kier alpha value is -0.930. The van der Waals surface area contributed by atoms with Gasteiger partial charge in [0.1, 0.15) is 11.4 Å². The van der Waals surface area contributed by atoms with Gasteiger partial charge in [0.2, 0.25) is 0 Å². The van der Waals surface area contributed by atoms with Crippen molar-refractivity contribution in [1.29, 1.82) is 0 Å². The van der Waals surface area contributed by atoms with E-state index in [1.807, 2.05) is 0 Å². The molecule has 1 aromatic rings. The van der Waals surface area contributed by atoms with Crippen LogP contribution in [0.1, 0.15) is 24.2 Å². The Morgan fingerprint density at radius 2 is 2.07 bits per heavy atom. The number of Topliss-reactive ketones (excluding diaryl/α,β-unsaturated/α-hetero) is 1. The highest BCUT2D eigenvalue weighted by Gasteiger charge is 2.27. The summed E-state index contributed by atoms with van der Waals surface area (Å²) < 4.78 is 12.8. The SMILES string of the molecule is CC(C)(O)C(=O)c1cc(F)ccc1Cl. The molecule has 0 aliphatic carbocycles. The van der Waals surface area contributed by atoms with E-state index >= 15 is 0 Å². The van der Waals surface area contributed by atoms with Gasteiger partial charge in [-0.1, -0.05) is 11.6 Å². The van der Waals surface area contributed by atoms with Gasteiger partial charge in [0.25, 0.3) is 0 Å². The van der Waals surface area contributed by atoms with Crippen LogP contribution in [0.4, 0.5) is 4.39 Å². The largest absolute Gasteiger partial charge is 0.382 e. The van der Waals surface area contributed by atoms with Crippen LogP contribution < -0.4 is 0 Å². The van der Waals surface area contributed by atoms with E-state index in [1.165, 1.54) is 19.9 Å². The molecule has 0 atom stereocenters. The van der Waals surface area contributed by atoms with Crippen molar-refractivity contribution in [2.24, 2.45) is 0 Å². The molecular weight excluding hydrogens is 207 g/mol. The smallest absolute Gasteiger partial charge is 0.195 e. The maximum absolute atomic E-state index is 12.8. The van der Waals surface area contributed by atoms with Crippen LogP contribution in [0.25, 0.3) is 0 Å². The summed E-state index contributed by atoms with van der Waals surface area (Å²) in [6, 6.07) is 3.46. The summed E-state index contributed by atoms with van der Waals surface area (Å²) in [5.41, 5.74) is -1.54. The minimum atomic E-state index is -1.54. The summed E-state index contributed by atoms with van der Waals surface area (Å²) >= 11 is 5.70. The van der Waals surface area contributed by atoms with Gasteiger partial charge in [-0.25, -0.2) is 4.39 Å². The molecule has 0 saturated carbocycles. The normalized spacial score (nSPS) is 11.5. The lowest BCUT2D eigenvalue weighted by Gasteiger charge is -2.16. The second-order valence-electron chi connectivity index (χ2n) is 3.51. The van der Waals surface area contributed by atoms with E-state index in [4.69, 9.17) is 11.6 Å². The van der Waals surface area contributed by atoms with E-state index in [9.17, 15) is 14.3 Å². The first-order valence-electron chi connectivity index (χ1n) is 4.04. The fourth-order valence-corrected chi connectivity index (χ4v) is 1.20. The van der Waals surface area contributed by atoms with Crippen LogP contribution in [0.5, 0.6) is 0 Å². The van der Waals surface area contributed by atoms with Crippen LogP contribution in [0.15, 0.2) is 18.2 Å². The molecule has 0 saturated heterocycles. The molecule has 2 nitrogen and oxygen atoms in total. The average Bonchev–Trinajstić information content (AvgIpc) is 2.06. The topological polar surface area (TPSA) is 37.3 Å². The summed E-state index contributed by atoms with van der Waals surface area (Å²) in [6.07, 6.45) is 0. The van der Waals surface area contributed by atoms with Gasteiger partial charge < -0.3 is 5.11 Å². The first kappa shape index (κ1) is 11.1. The van der Waals surface area contributed by atoms with Crippen LogP contribution in [-0.2, 0) is 0 Å². The molecule has 76 valence electrons. The van der Waals surface area contributed by atoms with Crippen molar-refractivity contribution >= 4 is 17.4 Å².